The van der Waals surface area contributed by atoms with Crippen LogP contribution in [-0.2, 0) is 0 Å². The van der Waals surface area contributed by atoms with Gasteiger partial charge in [0.2, 0.25) is 0 Å². The lowest BCUT2D eigenvalue weighted by Gasteiger charge is -2.33. The first-order chi connectivity index (χ1) is 17.0. The quantitative estimate of drug-likeness (QED) is 0.275. The third-order valence-electron chi connectivity index (χ3n) is 7.23. The average Bonchev–Trinajstić information content (AvgIpc) is 2.88. The zero-order valence-corrected chi connectivity index (χ0v) is 21.0. The summed E-state index contributed by atoms with van der Waals surface area (Å²) in [5.41, 5.74) is 2.93. The summed E-state index contributed by atoms with van der Waals surface area (Å²) >= 11 is 0. The lowest BCUT2D eigenvalue weighted by Crippen LogP contribution is -2.26. The Morgan fingerprint density at radius 1 is 1.03 bits per heavy atom. The molecule has 1 heterocycles. The van der Waals surface area contributed by atoms with Crippen LogP contribution in [0, 0.1) is 5.82 Å². The van der Waals surface area contributed by atoms with Gasteiger partial charge in [0.15, 0.2) is 0 Å². The Morgan fingerprint density at radius 3 is 2.61 bits per heavy atom. The minimum Gasteiger partial charge on any atom is -0.490 e. The van der Waals surface area contributed by atoms with Crippen molar-refractivity contribution in [1.82, 2.24) is 0 Å². The minimum atomic E-state index is -1.25. The van der Waals surface area contributed by atoms with Crippen LogP contribution in [-0.4, -0.2) is 17.2 Å². The Hall–Kier alpha value is -3.37. The summed E-state index contributed by atoms with van der Waals surface area (Å²) in [6, 6.07) is 27.4. The summed E-state index contributed by atoms with van der Waals surface area (Å²) in [6.07, 6.45) is 3.75. The van der Waals surface area contributed by atoms with Crippen molar-refractivity contribution in [3.8, 4) is 5.75 Å². The van der Waals surface area contributed by atoms with Gasteiger partial charge >= 0.3 is 5.97 Å². The van der Waals surface area contributed by atoms with Crippen molar-refractivity contribution >= 4 is 29.1 Å². The van der Waals surface area contributed by atoms with Gasteiger partial charge in [0.05, 0.1) is 11.7 Å². The normalized spacial score (nSPS) is 17.5. The van der Waals surface area contributed by atoms with E-state index in [-0.39, 0.29) is 30.0 Å². The maximum absolute atomic E-state index is 14.0. The number of ether oxygens (including phenoxy) is 1. The molecule has 1 aliphatic heterocycles. The summed E-state index contributed by atoms with van der Waals surface area (Å²) < 4.78 is 20.4. The molecule has 4 aromatic rings. The summed E-state index contributed by atoms with van der Waals surface area (Å²) in [5, 5.41) is 12.0. The van der Waals surface area contributed by atoms with Crippen LogP contribution in [0.25, 0.3) is 10.8 Å². The molecule has 5 rings (SSSR count). The number of hydrogen-bond acceptors (Lipinski definition) is 2. The molecule has 186 valence electrons. The summed E-state index contributed by atoms with van der Waals surface area (Å²) in [7, 11) is 0. The molecule has 0 bridgehead atoms. The average molecular weight is 505 g/mol. The SMILES string of the molecule is C[C@@H](CCC[C@H]1C[C@@H](c2ccc(F)c(C(=O)O)c2)c2ccccc2O1)c1cccc2ccccc12.Cl. The molecule has 0 amide bonds. The molecule has 0 radical (unpaired) electrons. The number of aromatic carboxylic acids is 1. The predicted molar refractivity (Wildman–Crippen MR) is 144 cm³/mol. The highest BCUT2D eigenvalue weighted by Crippen LogP contribution is 2.42. The van der Waals surface area contributed by atoms with Gasteiger partial charge in [-0.2, -0.15) is 0 Å². The van der Waals surface area contributed by atoms with Gasteiger partial charge in [0.1, 0.15) is 11.6 Å². The van der Waals surface area contributed by atoms with Gasteiger partial charge in [-0.25, -0.2) is 9.18 Å². The van der Waals surface area contributed by atoms with Crippen LogP contribution < -0.4 is 4.74 Å². The molecule has 1 aliphatic rings. The zero-order valence-electron chi connectivity index (χ0n) is 20.2. The molecule has 0 saturated heterocycles. The smallest absolute Gasteiger partial charge is 0.338 e. The molecule has 0 aliphatic carbocycles. The second-order valence-electron chi connectivity index (χ2n) is 9.51. The minimum absolute atomic E-state index is 0. The van der Waals surface area contributed by atoms with Crippen LogP contribution in [0.5, 0.6) is 5.75 Å². The van der Waals surface area contributed by atoms with E-state index < -0.39 is 11.8 Å². The van der Waals surface area contributed by atoms with Gasteiger partial charge in [0.25, 0.3) is 0 Å². The topological polar surface area (TPSA) is 46.5 Å². The molecule has 36 heavy (non-hydrogen) atoms. The summed E-state index contributed by atoms with van der Waals surface area (Å²) in [5.74, 6) is -0.719. The maximum atomic E-state index is 14.0. The van der Waals surface area contributed by atoms with Crippen LogP contribution in [0.15, 0.2) is 84.9 Å². The molecule has 0 fully saturated rings. The number of benzene rings is 4. The van der Waals surface area contributed by atoms with Crippen molar-refractivity contribution in [1.29, 1.82) is 0 Å². The number of para-hydroxylation sites is 1. The molecule has 0 saturated carbocycles. The van der Waals surface area contributed by atoms with Crippen LogP contribution in [0.3, 0.4) is 0 Å². The fourth-order valence-corrected chi connectivity index (χ4v) is 5.40. The van der Waals surface area contributed by atoms with Crippen LogP contribution in [0.2, 0.25) is 0 Å². The Balaban J connectivity index is 0.00000304. The monoisotopic (exact) mass is 504 g/mol. The van der Waals surface area contributed by atoms with Crippen LogP contribution in [0.1, 0.15) is 71.5 Å². The van der Waals surface area contributed by atoms with Crippen molar-refractivity contribution in [2.45, 2.75) is 50.5 Å². The van der Waals surface area contributed by atoms with E-state index in [1.165, 1.54) is 28.5 Å². The highest BCUT2D eigenvalue weighted by Gasteiger charge is 2.30. The molecular formula is C31H30ClFO3. The number of fused-ring (bicyclic) bond motifs is 2. The van der Waals surface area contributed by atoms with Crippen molar-refractivity contribution in [2.75, 3.05) is 0 Å². The number of carboxylic acids is 1. The molecule has 3 atom stereocenters. The van der Waals surface area contributed by atoms with Crippen LogP contribution in [0.4, 0.5) is 4.39 Å². The van der Waals surface area contributed by atoms with E-state index >= 15 is 0 Å². The predicted octanol–water partition coefficient (Wildman–Crippen LogP) is 8.36. The first-order valence-electron chi connectivity index (χ1n) is 12.3. The largest absolute Gasteiger partial charge is 0.490 e. The van der Waals surface area contributed by atoms with Gasteiger partial charge in [-0.05, 0) is 71.7 Å². The second kappa shape index (κ2) is 11.1. The summed E-state index contributed by atoms with van der Waals surface area (Å²) in [6.45, 7) is 2.29. The molecule has 0 spiro atoms. The number of carbonyl (C=O) groups is 1. The maximum Gasteiger partial charge on any atom is 0.338 e. The molecule has 3 nitrogen and oxygen atoms in total. The van der Waals surface area contributed by atoms with Crippen molar-refractivity contribution < 1.29 is 19.0 Å². The van der Waals surface area contributed by atoms with E-state index in [1.54, 1.807) is 6.07 Å². The van der Waals surface area contributed by atoms with E-state index in [0.29, 0.717) is 5.92 Å². The van der Waals surface area contributed by atoms with Gasteiger partial charge < -0.3 is 9.84 Å². The van der Waals surface area contributed by atoms with Crippen LogP contribution >= 0.6 is 12.4 Å². The number of halogens is 2. The van der Waals surface area contributed by atoms with Gasteiger partial charge in [-0.1, -0.05) is 73.7 Å². The first kappa shape index (κ1) is 25.7. The molecule has 4 aromatic carbocycles. The van der Waals surface area contributed by atoms with E-state index in [0.717, 1.165) is 42.6 Å². The third kappa shape index (κ3) is 5.24. The van der Waals surface area contributed by atoms with Crippen molar-refractivity contribution in [3.63, 3.8) is 0 Å². The van der Waals surface area contributed by atoms with E-state index in [1.807, 2.05) is 24.3 Å². The summed E-state index contributed by atoms with van der Waals surface area (Å²) in [4.78, 5) is 11.5. The van der Waals surface area contributed by atoms with Crippen molar-refractivity contribution in [2.24, 2.45) is 0 Å². The standard InChI is InChI=1S/C31H29FO3.ClH/c1-20(24-14-7-10-21-9-2-3-12-25(21)24)8-6-11-23-19-27(26-13-4-5-15-30(26)35-23)22-16-17-29(32)28(18-22)31(33)34;/h2-5,7,9-10,12-18,20,23,27H,6,8,11,19H2,1H3,(H,33,34);1H/t20-,23-,27-;/m0./s1. The molecule has 1 N–H and O–H groups in total. The number of hydrogen-bond donors (Lipinski definition) is 1. The molecule has 0 aromatic heterocycles. The Kier molecular flexibility index (Phi) is 7.95. The van der Waals surface area contributed by atoms with E-state index in [4.69, 9.17) is 4.74 Å². The highest BCUT2D eigenvalue weighted by molar-refractivity contribution is 5.88. The zero-order chi connectivity index (χ0) is 24.4. The van der Waals surface area contributed by atoms with Gasteiger partial charge in [-0.15, -0.1) is 12.4 Å². The Labute approximate surface area is 217 Å². The fraction of sp³-hybridized carbons (Fsp3) is 0.258. The third-order valence-corrected chi connectivity index (χ3v) is 7.23. The fourth-order valence-electron chi connectivity index (χ4n) is 5.40. The molecule has 5 heteroatoms. The van der Waals surface area contributed by atoms with E-state index in [9.17, 15) is 14.3 Å². The lowest BCUT2D eigenvalue weighted by molar-refractivity contribution is 0.0691. The highest BCUT2D eigenvalue weighted by atomic mass is 35.5. The number of rotatable bonds is 7. The van der Waals surface area contributed by atoms with Crippen molar-refractivity contribution in [3.05, 3.63) is 113 Å². The molecule has 0 unspecified atom stereocenters. The number of carboxylic acid groups (broad SMARTS) is 1. The first-order valence-corrected chi connectivity index (χ1v) is 12.3. The Bertz CT molecular complexity index is 1360. The van der Waals surface area contributed by atoms with E-state index in [2.05, 4.69) is 49.4 Å². The Morgan fingerprint density at radius 2 is 1.78 bits per heavy atom. The van der Waals surface area contributed by atoms with Gasteiger partial charge in [-0.3, -0.25) is 0 Å². The lowest BCUT2D eigenvalue weighted by atomic mass is 9.82. The molecular weight excluding hydrogens is 475 g/mol. The second-order valence-corrected chi connectivity index (χ2v) is 9.51. The van der Waals surface area contributed by atoms with Gasteiger partial charge in [0, 0.05) is 11.5 Å².